The quantitative estimate of drug-likeness (QED) is 0.843. The van der Waals surface area contributed by atoms with Gasteiger partial charge in [0.1, 0.15) is 5.82 Å². The molecule has 1 saturated carbocycles. The zero-order chi connectivity index (χ0) is 11.4. The lowest BCUT2D eigenvalue weighted by molar-refractivity contribution is 0.378. The van der Waals surface area contributed by atoms with E-state index in [-0.39, 0.29) is 0 Å². The molecule has 0 aliphatic heterocycles. The fourth-order valence-corrected chi connectivity index (χ4v) is 3.17. The minimum atomic E-state index is 0.376. The highest BCUT2D eigenvalue weighted by Gasteiger charge is 2.20. The summed E-state index contributed by atoms with van der Waals surface area (Å²) < 4.78 is 4.26. The first-order valence-electron chi connectivity index (χ1n) is 5.98. The van der Waals surface area contributed by atoms with Crippen LogP contribution >= 0.6 is 23.1 Å². The molecule has 1 aromatic rings. The number of aryl methyl sites for hydroxylation is 1. The lowest BCUT2D eigenvalue weighted by Gasteiger charge is -2.25. The second-order valence-corrected chi connectivity index (χ2v) is 5.75. The molecule has 90 valence electrons. The van der Waals surface area contributed by atoms with Crippen LogP contribution in [0.2, 0.25) is 0 Å². The smallest absolute Gasteiger partial charge is 0.202 e. The first-order valence-corrected chi connectivity index (χ1v) is 7.19. The summed E-state index contributed by atoms with van der Waals surface area (Å²) in [4.78, 5) is 4.40. The molecule has 16 heavy (non-hydrogen) atoms. The Balaban J connectivity index is 1.78. The molecule has 1 aliphatic rings. The second-order valence-electron chi connectivity index (χ2n) is 4.38. The summed E-state index contributed by atoms with van der Waals surface area (Å²) in [6.45, 7) is 3.06. The highest BCUT2D eigenvalue weighted by Crippen LogP contribution is 2.28. The van der Waals surface area contributed by atoms with Gasteiger partial charge in [0.2, 0.25) is 5.13 Å². The maximum Gasteiger partial charge on any atom is 0.202 e. The third-order valence-corrected chi connectivity index (χ3v) is 4.15. The fourth-order valence-electron chi connectivity index (χ4n) is 2.11. The topological polar surface area (TPSA) is 37.8 Å². The van der Waals surface area contributed by atoms with E-state index in [2.05, 4.69) is 21.6 Å². The van der Waals surface area contributed by atoms with Crippen LogP contribution in [0.25, 0.3) is 0 Å². The van der Waals surface area contributed by atoms with Gasteiger partial charge in [0.05, 0.1) is 0 Å². The molecule has 3 nitrogen and oxygen atoms in total. The summed E-state index contributed by atoms with van der Waals surface area (Å²) in [7, 11) is 0. The van der Waals surface area contributed by atoms with Crippen molar-refractivity contribution in [2.24, 2.45) is 5.92 Å². The first-order chi connectivity index (χ1) is 7.78. The van der Waals surface area contributed by atoms with Gasteiger partial charge in [0, 0.05) is 29.9 Å². The van der Waals surface area contributed by atoms with Gasteiger partial charge in [0.25, 0.3) is 0 Å². The SMILES string of the molecule is CCc1nsc(NCC2CCCC(Cl)C2)n1. The normalized spacial score (nSPS) is 25.6. The Kier molecular flexibility index (Phi) is 4.41. The maximum atomic E-state index is 6.17. The van der Waals surface area contributed by atoms with Crippen LogP contribution in [0, 0.1) is 5.92 Å². The van der Waals surface area contributed by atoms with Gasteiger partial charge in [-0.1, -0.05) is 13.3 Å². The van der Waals surface area contributed by atoms with Crippen LogP contribution in [0.4, 0.5) is 5.13 Å². The molecule has 1 N–H and O–H groups in total. The predicted molar refractivity (Wildman–Crippen MR) is 69.4 cm³/mol. The van der Waals surface area contributed by atoms with E-state index in [4.69, 9.17) is 11.6 Å². The van der Waals surface area contributed by atoms with Crippen molar-refractivity contribution in [2.75, 3.05) is 11.9 Å². The number of hydrogen-bond donors (Lipinski definition) is 1. The molecule has 0 radical (unpaired) electrons. The molecule has 1 aromatic heterocycles. The van der Waals surface area contributed by atoms with Crippen molar-refractivity contribution in [2.45, 2.75) is 44.4 Å². The van der Waals surface area contributed by atoms with Crippen LogP contribution < -0.4 is 5.32 Å². The summed E-state index contributed by atoms with van der Waals surface area (Å²) in [5.41, 5.74) is 0. The molecule has 0 saturated heterocycles. The Morgan fingerprint density at radius 2 is 2.38 bits per heavy atom. The summed E-state index contributed by atoms with van der Waals surface area (Å²) in [5, 5.41) is 4.70. The average molecular weight is 260 g/mol. The average Bonchev–Trinajstić information content (AvgIpc) is 2.74. The summed E-state index contributed by atoms with van der Waals surface area (Å²) in [5.74, 6) is 1.64. The zero-order valence-electron chi connectivity index (χ0n) is 9.58. The zero-order valence-corrected chi connectivity index (χ0v) is 11.2. The van der Waals surface area contributed by atoms with Gasteiger partial charge in [-0.2, -0.15) is 4.37 Å². The Morgan fingerprint density at radius 1 is 1.50 bits per heavy atom. The Labute approximate surface area is 106 Å². The van der Waals surface area contributed by atoms with Crippen LogP contribution in [-0.4, -0.2) is 21.3 Å². The van der Waals surface area contributed by atoms with Crippen LogP contribution in [0.3, 0.4) is 0 Å². The minimum Gasteiger partial charge on any atom is -0.360 e. The third-order valence-electron chi connectivity index (χ3n) is 3.05. The van der Waals surface area contributed by atoms with Crippen LogP contribution in [0.15, 0.2) is 0 Å². The van der Waals surface area contributed by atoms with Gasteiger partial charge in [-0.15, -0.1) is 11.6 Å². The van der Waals surface area contributed by atoms with E-state index in [1.165, 1.54) is 30.8 Å². The molecule has 0 aromatic carbocycles. The molecule has 2 atom stereocenters. The predicted octanol–water partition coefficient (Wildman–Crippen LogP) is 3.31. The van der Waals surface area contributed by atoms with Crippen molar-refractivity contribution in [1.82, 2.24) is 9.36 Å². The van der Waals surface area contributed by atoms with Crippen LogP contribution in [0.5, 0.6) is 0 Å². The van der Waals surface area contributed by atoms with Crippen molar-refractivity contribution in [3.05, 3.63) is 5.82 Å². The van der Waals surface area contributed by atoms with E-state index in [0.29, 0.717) is 11.3 Å². The highest BCUT2D eigenvalue weighted by molar-refractivity contribution is 7.09. The van der Waals surface area contributed by atoms with Crippen molar-refractivity contribution in [3.63, 3.8) is 0 Å². The number of anilines is 1. The molecule has 0 amide bonds. The van der Waals surface area contributed by atoms with E-state index in [1.54, 1.807) is 0 Å². The minimum absolute atomic E-state index is 0.376. The van der Waals surface area contributed by atoms with Gasteiger partial charge in [-0.25, -0.2) is 4.98 Å². The van der Waals surface area contributed by atoms with E-state index in [0.717, 1.165) is 30.3 Å². The van der Waals surface area contributed by atoms with Crippen LogP contribution in [0.1, 0.15) is 38.4 Å². The number of alkyl halides is 1. The number of nitrogens with zero attached hydrogens (tertiary/aromatic N) is 2. The number of rotatable bonds is 4. The van der Waals surface area contributed by atoms with Gasteiger partial charge in [-0.05, 0) is 25.2 Å². The Hall–Kier alpha value is -0.350. The van der Waals surface area contributed by atoms with E-state index < -0.39 is 0 Å². The van der Waals surface area contributed by atoms with Gasteiger partial charge < -0.3 is 5.32 Å². The molecule has 0 bridgehead atoms. The van der Waals surface area contributed by atoms with E-state index in [1.807, 2.05) is 0 Å². The maximum absolute atomic E-state index is 6.17. The van der Waals surface area contributed by atoms with E-state index >= 15 is 0 Å². The monoisotopic (exact) mass is 259 g/mol. The number of hydrogen-bond acceptors (Lipinski definition) is 4. The van der Waals surface area contributed by atoms with Crippen molar-refractivity contribution in [1.29, 1.82) is 0 Å². The highest BCUT2D eigenvalue weighted by atomic mass is 35.5. The molecular formula is C11H18ClN3S. The van der Waals surface area contributed by atoms with Crippen LogP contribution in [-0.2, 0) is 6.42 Å². The summed E-state index contributed by atoms with van der Waals surface area (Å²) >= 11 is 7.62. The van der Waals surface area contributed by atoms with E-state index in [9.17, 15) is 0 Å². The summed E-state index contributed by atoms with van der Waals surface area (Å²) in [6, 6.07) is 0. The standard InChI is InChI=1S/C11H18ClN3S/c1-2-10-14-11(16-15-10)13-7-8-4-3-5-9(12)6-8/h8-9H,2-7H2,1H3,(H,13,14,15). The summed E-state index contributed by atoms with van der Waals surface area (Å²) in [6.07, 6.45) is 5.77. The third kappa shape index (κ3) is 3.32. The molecule has 0 spiro atoms. The molecule has 2 unspecified atom stereocenters. The first kappa shape index (κ1) is 12.1. The molecular weight excluding hydrogens is 242 g/mol. The van der Waals surface area contributed by atoms with Gasteiger partial charge >= 0.3 is 0 Å². The largest absolute Gasteiger partial charge is 0.360 e. The lowest BCUT2D eigenvalue weighted by Crippen LogP contribution is -2.22. The van der Waals surface area contributed by atoms with Gasteiger partial charge in [0.15, 0.2) is 0 Å². The fraction of sp³-hybridized carbons (Fsp3) is 0.818. The van der Waals surface area contributed by atoms with Gasteiger partial charge in [-0.3, -0.25) is 0 Å². The second kappa shape index (κ2) is 5.82. The number of halogens is 1. The molecule has 1 fully saturated rings. The Morgan fingerprint density at radius 3 is 3.06 bits per heavy atom. The van der Waals surface area contributed by atoms with Crippen molar-refractivity contribution in [3.8, 4) is 0 Å². The van der Waals surface area contributed by atoms with Crippen molar-refractivity contribution < 1.29 is 0 Å². The molecule has 5 heteroatoms. The number of aromatic nitrogens is 2. The number of nitrogens with one attached hydrogen (secondary N) is 1. The molecule has 1 heterocycles. The Bertz CT molecular complexity index is 329. The molecule has 2 rings (SSSR count). The van der Waals surface area contributed by atoms with Crippen molar-refractivity contribution >= 4 is 28.3 Å². The lowest BCUT2D eigenvalue weighted by atomic mass is 9.89. The molecule has 1 aliphatic carbocycles.